The summed E-state index contributed by atoms with van der Waals surface area (Å²) in [6.45, 7) is 6.53. The minimum atomic E-state index is -0.542. The van der Waals surface area contributed by atoms with Crippen LogP contribution in [-0.2, 0) is 21.9 Å². The van der Waals surface area contributed by atoms with Gasteiger partial charge in [0.05, 0.1) is 5.71 Å². The summed E-state index contributed by atoms with van der Waals surface area (Å²) >= 11 is 3.53. The van der Waals surface area contributed by atoms with Gasteiger partial charge in [-0.3, -0.25) is 0 Å². The molecule has 1 atom stereocenters. The van der Waals surface area contributed by atoms with Gasteiger partial charge in [-0.2, -0.15) is 5.10 Å². The highest BCUT2D eigenvalue weighted by Gasteiger charge is 2.39. The van der Waals surface area contributed by atoms with Gasteiger partial charge in [0.1, 0.15) is 12.4 Å². The number of ether oxygens (including phenoxy) is 1. The molecule has 1 aromatic carbocycles. The number of rotatable bonds is 4. The Labute approximate surface area is 144 Å². The minimum absolute atomic E-state index is 0.432. The third-order valence-corrected chi connectivity index (χ3v) is 5.02. The SMILES string of the molecule is COCn1nc(C2(C)CC(c3ccc(Br)c(C)c3)=NO2)cc1C. The molecule has 5 nitrogen and oxygen atoms in total. The van der Waals surface area contributed by atoms with Crippen molar-refractivity contribution in [2.75, 3.05) is 7.11 Å². The van der Waals surface area contributed by atoms with Crippen molar-refractivity contribution >= 4 is 21.6 Å². The predicted octanol–water partition coefficient (Wildman–Crippen LogP) is 3.91. The highest BCUT2D eigenvalue weighted by molar-refractivity contribution is 9.10. The van der Waals surface area contributed by atoms with E-state index in [2.05, 4.69) is 45.2 Å². The number of oxime groups is 1. The average molecular weight is 378 g/mol. The van der Waals surface area contributed by atoms with E-state index in [1.165, 1.54) is 5.56 Å². The van der Waals surface area contributed by atoms with E-state index in [-0.39, 0.29) is 0 Å². The van der Waals surface area contributed by atoms with Crippen molar-refractivity contribution in [3.05, 3.63) is 51.3 Å². The normalized spacial score (nSPS) is 20.5. The first-order valence-corrected chi connectivity index (χ1v) is 8.28. The van der Waals surface area contributed by atoms with E-state index < -0.39 is 5.60 Å². The highest BCUT2D eigenvalue weighted by Crippen LogP contribution is 2.36. The molecule has 0 amide bonds. The van der Waals surface area contributed by atoms with Gasteiger partial charge in [0.25, 0.3) is 0 Å². The second kappa shape index (κ2) is 6.09. The van der Waals surface area contributed by atoms with Crippen LogP contribution >= 0.6 is 15.9 Å². The lowest BCUT2D eigenvalue weighted by Gasteiger charge is -2.18. The van der Waals surface area contributed by atoms with Crippen molar-refractivity contribution in [2.45, 2.75) is 39.5 Å². The Morgan fingerprint density at radius 2 is 2.13 bits per heavy atom. The molecule has 1 aliphatic rings. The number of hydrogen-bond acceptors (Lipinski definition) is 4. The topological polar surface area (TPSA) is 48.6 Å². The number of aryl methyl sites for hydroxylation is 2. The van der Waals surface area contributed by atoms with Gasteiger partial charge in [-0.15, -0.1) is 0 Å². The molecule has 3 rings (SSSR count). The molecule has 0 bridgehead atoms. The van der Waals surface area contributed by atoms with Gasteiger partial charge in [0.15, 0.2) is 5.60 Å². The highest BCUT2D eigenvalue weighted by atomic mass is 79.9. The quantitative estimate of drug-likeness (QED) is 0.811. The molecule has 0 N–H and O–H groups in total. The molecule has 0 aliphatic carbocycles. The minimum Gasteiger partial charge on any atom is -0.382 e. The molecule has 1 aliphatic heterocycles. The first-order chi connectivity index (χ1) is 10.9. The van der Waals surface area contributed by atoms with Crippen LogP contribution in [0.15, 0.2) is 33.9 Å². The van der Waals surface area contributed by atoms with Gasteiger partial charge in [-0.25, -0.2) is 4.68 Å². The number of methoxy groups -OCH3 is 1. The molecule has 0 fully saturated rings. The van der Waals surface area contributed by atoms with E-state index in [0.29, 0.717) is 13.2 Å². The molecule has 0 spiro atoms. The first kappa shape index (κ1) is 16.2. The van der Waals surface area contributed by atoms with Gasteiger partial charge in [-0.1, -0.05) is 27.2 Å². The molecule has 122 valence electrons. The van der Waals surface area contributed by atoms with Crippen molar-refractivity contribution in [1.29, 1.82) is 0 Å². The molecule has 0 radical (unpaired) electrons. The smallest absolute Gasteiger partial charge is 0.184 e. The fourth-order valence-corrected chi connectivity index (χ4v) is 2.92. The summed E-state index contributed by atoms with van der Waals surface area (Å²) in [7, 11) is 1.66. The number of hydrogen-bond donors (Lipinski definition) is 0. The second-order valence-corrected chi connectivity index (χ2v) is 6.94. The Morgan fingerprint density at radius 1 is 1.35 bits per heavy atom. The van der Waals surface area contributed by atoms with E-state index in [0.717, 1.165) is 27.1 Å². The van der Waals surface area contributed by atoms with Gasteiger partial charge >= 0.3 is 0 Å². The van der Waals surface area contributed by atoms with E-state index in [1.807, 2.05) is 30.7 Å². The third kappa shape index (κ3) is 3.05. The standard InChI is InChI=1S/C17H20BrN3O2/c1-11-7-13(5-6-14(11)18)15-9-17(3,23-20-15)16-8-12(2)21(19-16)10-22-4/h5-8H,9-10H2,1-4H3. The Morgan fingerprint density at radius 3 is 2.83 bits per heavy atom. The summed E-state index contributed by atoms with van der Waals surface area (Å²) < 4.78 is 8.08. The molecule has 0 saturated heterocycles. The van der Waals surface area contributed by atoms with Gasteiger partial charge < -0.3 is 9.57 Å². The lowest BCUT2D eigenvalue weighted by molar-refractivity contribution is -0.0119. The molecule has 1 unspecified atom stereocenters. The van der Waals surface area contributed by atoms with Crippen molar-refractivity contribution in [1.82, 2.24) is 9.78 Å². The predicted molar refractivity (Wildman–Crippen MR) is 92.4 cm³/mol. The monoisotopic (exact) mass is 377 g/mol. The first-order valence-electron chi connectivity index (χ1n) is 7.48. The van der Waals surface area contributed by atoms with Crippen LogP contribution in [0, 0.1) is 13.8 Å². The second-order valence-electron chi connectivity index (χ2n) is 6.09. The number of benzene rings is 1. The van der Waals surface area contributed by atoms with Crippen molar-refractivity contribution in [3.63, 3.8) is 0 Å². The van der Waals surface area contributed by atoms with Crippen LogP contribution in [0.25, 0.3) is 0 Å². The number of aromatic nitrogens is 2. The zero-order valence-corrected chi connectivity index (χ0v) is 15.3. The van der Waals surface area contributed by atoms with Crippen LogP contribution in [0.1, 0.15) is 35.9 Å². The molecule has 2 heterocycles. The maximum Gasteiger partial charge on any atom is 0.184 e. The Hall–Kier alpha value is -1.66. The lowest BCUT2D eigenvalue weighted by Crippen LogP contribution is -2.23. The Bertz CT molecular complexity index is 769. The maximum atomic E-state index is 5.77. The molecular formula is C17H20BrN3O2. The number of nitrogens with zero attached hydrogens (tertiary/aromatic N) is 3. The number of halogens is 1. The van der Waals surface area contributed by atoms with E-state index in [9.17, 15) is 0 Å². The van der Waals surface area contributed by atoms with E-state index >= 15 is 0 Å². The summed E-state index contributed by atoms with van der Waals surface area (Å²) in [5, 5.41) is 8.91. The van der Waals surface area contributed by atoms with Gasteiger partial charge in [0, 0.05) is 23.7 Å². The average Bonchev–Trinajstić information content (AvgIpc) is 3.08. The summed E-state index contributed by atoms with van der Waals surface area (Å²) in [4.78, 5) is 5.77. The Kier molecular flexibility index (Phi) is 4.29. The van der Waals surface area contributed by atoms with Gasteiger partial charge in [0.2, 0.25) is 0 Å². The molecule has 1 aromatic heterocycles. The van der Waals surface area contributed by atoms with Crippen molar-refractivity contribution in [3.8, 4) is 0 Å². The zero-order valence-electron chi connectivity index (χ0n) is 13.8. The molecule has 0 saturated carbocycles. The van der Waals surface area contributed by atoms with Crippen LogP contribution in [0.3, 0.4) is 0 Å². The summed E-state index contributed by atoms with van der Waals surface area (Å²) in [5.41, 5.74) is 4.59. The largest absolute Gasteiger partial charge is 0.382 e. The maximum absolute atomic E-state index is 5.77. The third-order valence-electron chi connectivity index (χ3n) is 4.13. The molecule has 23 heavy (non-hydrogen) atoms. The van der Waals surface area contributed by atoms with Gasteiger partial charge in [-0.05, 0) is 50.1 Å². The molecule has 6 heteroatoms. The van der Waals surface area contributed by atoms with Crippen LogP contribution in [0.4, 0.5) is 0 Å². The lowest BCUT2D eigenvalue weighted by atomic mass is 9.92. The van der Waals surface area contributed by atoms with Crippen LogP contribution in [-0.4, -0.2) is 22.6 Å². The fourth-order valence-electron chi connectivity index (χ4n) is 2.68. The van der Waals surface area contributed by atoms with Crippen molar-refractivity contribution < 1.29 is 9.57 Å². The fraction of sp³-hybridized carbons (Fsp3) is 0.412. The van der Waals surface area contributed by atoms with E-state index in [4.69, 9.17) is 9.57 Å². The van der Waals surface area contributed by atoms with E-state index in [1.54, 1.807) is 7.11 Å². The summed E-state index contributed by atoms with van der Waals surface area (Å²) in [5.74, 6) is 0. The summed E-state index contributed by atoms with van der Waals surface area (Å²) in [6.07, 6.45) is 0.692. The Balaban J connectivity index is 1.84. The summed E-state index contributed by atoms with van der Waals surface area (Å²) in [6, 6.07) is 8.25. The molecule has 2 aromatic rings. The van der Waals surface area contributed by atoms with Crippen molar-refractivity contribution in [2.24, 2.45) is 5.16 Å². The van der Waals surface area contributed by atoms with Crippen LogP contribution in [0.5, 0.6) is 0 Å². The van der Waals surface area contributed by atoms with Crippen LogP contribution < -0.4 is 0 Å². The van der Waals surface area contributed by atoms with Crippen LogP contribution in [0.2, 0.25) is 0 Å². The molecular weight excluding hydrogens is 358 g/mol. The zero-order chi connectivity index (χ0) is 16.6.